The lowest BCUT2D eigenvalue weighted by atomic mass is 10.1. The average Bonchev–Trinajstić information content (AvgIpc) is 2.45. The average molecular weight is 318 g/mol. The van der Waals surface area contributed by atoms with E-state index in [9.17, 15) is 24.6 Å². The highest BCUT2D eigenvalue weighted by atomic mass is 16.4. The van der Waals surface area contributed by atoms with Crippen LogP contribution in [0.25, 0.3) is 11.0 Å². The van der Waals surface area contributed by atoms with Crippen molar-refractivity contribution >= 4 is 22.8 Å². The minimum atomic E-state index is -1.34. The van der Waals surface area contributed by atoms with E-state index in [0.717, 1.165) is 0 Å². The first-order chi connectivity index (χ1) is 10.9. The highest BCUT2D eigenvalue weighted by Crippen LogP contribution is 2.22. The topological polar surface area (TPSA) is 120 Å². The number of carboxylic acid groups (broad SMARTS) is 1. The van der Waals surface area contributed by atoms with Crippen molar-refractivity contribution in [1.29, 1.82) is 0 Å². The molecule has 1 heterocycles. The number of hydrogen-bond acceptors (Lipinski definition) is 6. The second kappa shape index (κ2) is 6.95. The molecule has 0 saturated carbocycles. The fraction of sp³-hybridized carbons (Fsp3) is 0.312. The van der Waals surface area contributed by atoms with Crippen LogP contribution in [0.1, 0.15) is 25.3 Å². The molecule has 2 N–H and O–H groups in total. The van der Waals surface area contributed by atoms with Crippen molar-refractivity contribution in [1.82, 2.24) is 5.32 Å². The summed E-state index contributed by atoms with van der Waals surface area (Å²) in [5, 5.41) is 23.3. The van der Waals surface area contributed by atoms with E-state index in [2.05, 4.69) is 5.32 Å². The Kier molecular flexibility index (Phi) is 5.00. The highest BCUT2D eigenvalue weighted by molar-refractivity contribution is 5.89. The molecular formula is C16H16NO6-. The van der Waals surface area contributed by atoms with Crippen molar-refractivity contribution in [2.75, 3.05) is 0 Å². The van der Waals surface area contributed by atoms with Crippen molar-refractivity contribution in [3.63, 3.8) is 0 Å². The van der Waals surface area contributed by atoms with Gasteiger partial charge in [-0.3, -0.25) is 4.79 Å². The van der Waals surface area contributed by atoms with Crippen LogP contribution in [0, 0.1) is 0 Å². The van der Waals surface area contributed by atoms with Crippen LogP contribution in [-0.2, 0) is 16.0 Å². The van der Waals surface area contributed by atoms with Gasteiger partial charge in [0.25, 0.3) is 0 Å². The number of carbonyl (C=O) groups excluding carboxylic acids is 2. The summed E-state index contributed by atoms with van der Waals surface area (Å²) in [5.74, 6) is -1.95. The van der Waals surface area contributed by atoms with Gasteiger partial charge in [0.05, 0.1) is 18.4 Å². The van der Waals surface area contributed by atoms with Gasteiger partial charge in [-0.15, -0.1) is 0 Å². The fourth-order valence-corrected chi connectivity index (χ4v) is 2.32. The number of carbonyl (C=O) groups is 2. The van der Waals surface area contributed by atoms with Crippen LogP contribution in [0.4, 0.5) is 0 Å². The SMILES string of the molecule is CCC[C@@H](NC(=O)Cc1cc(=O)oc2cc(O)ccc12)C(=O)[O-]. The third kappa shape index (κ3) is 4.09. The molecule has 1 aromatic carbocycles. The second-order valence-electron chi connectivity index (χ2n) is 5.18. The Morgan fingerprint density at radius 1 is 1.35 bits per heavy atom. The number of phenols is 1. The van der Waals surface area contributed by atoms with Gasteiger partial charge in [-0.1, -0.05) is 13.3 Å². The number of aromatic hydroxyl groups is 1. The van der Waals surface area contributed by atoms with Crippen molar-refractivity contribution in [2.24, 2.45) is 0 Å². The van der Waals surface area contributed by atoms with E-state index in [1.807, 2.05) is 0 Å². The minimum absolute atomic E-state index is 0.0674. The molecule has 0 spiro atoms. The Hall–Kier alpha value is -2.83. The largest absolute Gasteiger partial charge is 0.548 e. The zero-order valence-electron chi connectivity index (χ0n) is 12.5. The number of carboxylic acids is 1. The van der Waals surface area contributed by atoms with Crippen LogP contribution in [0.5, 0.6) is 5.75 Å². The summed E-state index contributed by atoms with van der Waals surface area (Å²) in [6.45, 7) is 1.80. The van der Waals surface area contributed by atoms with E-state index in [4.69, 9.17) is 4.42 Å². The summed E-state index contributed by atoms with van der Waals surface area (Å²) in [4.78, 5) is 34.5. The molecule has 7 heteroatoms. The molecule has 122 valence electrons. The Bertz CT molecular complexity index is 795. The quantitative estimate of drug-likeness (QED) is 0.728. The fourth-order valence-electron chi connectivity index (χ4n) is 2.32. The van der Waals surface area contributed by atoms with Crippen molar-refractivity contribution in [3.05, 3.63) is 40.2 Å². The molecule has 1 aromatic heterocycles. The number of fused-ring (bicyclic) bond motifs is 1. The Morgan fingerprint density at radius 3 is 2.74 bits per heavy atom. The number of amides is 1. The molecule has 0 saturated heterocycles. The van der Waals surface area contributed by atoms with E-state index in [-0.39, 0.29) is 24.2 Å². The van der Waals surface area contributed by atoms with Crippen molar-refractivity contribution in [2.45, 2.75) is 32.2 Å². The number of nitrogens with one attached hydrogen (secondary N) is 1. The van der Waals surface area contributed by atoms with Crippen LogP contribution >= 0.6 is 0 Å². The predicted octanol–water partition coefficient (Wildman–Crippen LogP) is 0.0759. The maximum atomic E-state index is 12.0. The maximum absolute atomic E-state index is 12.0. The lowest BCUT2D eigenvalue weighted by Crippen LogP contribution is -2.48. The number of rotatable bonds is 6. The predicted molar refractivity (Wildman–Crippen MR) is 79.7 cm³/mol. The van der Waals surface area contributed by atoms with Gasteiger partial charge in [-0.2, -0.15) is 0 Å². The molecule has 0 aliphatic carbocycles. The van der Waals surface area contributed by atoms with Crippen molar-refractivity contribution < 1.29 is 24.2 Å². The molecule has 7 nitrogen and oxygen atoms in total. The van der Waals surface area contributed by atoms with Gasteiger partial charge in [-0.05, 0) is 24.1 Å². The molecule has 2 rings (SSSR count). The van der Waals surface area contributed by atoms with Gasteiger partial charge >= 0.3 is 5.63 Å². The summed E-state index contributed by atoms with van der Waals surface area (Å²) in [6.07, 6.45) is 0.663. The van der Waals surface area contributed by atoms with Gasteiger partial charge in [-0.25, -0.2) is 4.79 Å². The first-order valence-electron chi connectivity index (χ1n) is 7.16. The van der Waals surface area contributed by atoms with Crippen LogP contribution < -0.4 is 16.0 Å². The maximum Gasteiger partial charge on any atom is 0.336 e. The monoisotopic (exact) mass is 318 g/mol. The summed E-state index contributed by atoms with van der Waals surface area (Å²) >= 11 is 0. The lowest BCUT2D eigenvalue weighted by Gasteiger charge is -2.19. The molecule has 1 amide bonds. The Labute approximate surface area is 131 Å². The van der Waals surface area contributed by atoms with E-state index < -0.39 is 23.5 Å². The van der Waals surface area contributed by atoms with Gasteiger partial charge in [0.1, 0.15) is 11.3 Å². The number of benzene rings is 1. The first kappa shape index (κ1) is 16.5. The molecule has 0 aliphatic rings. The molecule has 0 radical (unpaired) electrons. The third-order valence-corrected chi connectivity index (χ3v) is 3.36. The van der Waals surface area contributed by atoms with Crippen LogP contribution in [0.2, 0.25) is 0 Å². The summed E-state index contributed by atoms with van der Waals surface area (Å²) in [7, 11) is 0. The summed E-state index contributed by atoms with van der Waals surface area (Å²) in [6, 6.07) is 4.32. The van der Waals surface area contributed by atoms with Crippen molar-refractivity contribution in [3.8, 4) is 5.75 Å². The van der Waals surface area contributed by atoms with Gasteiger partial charge in [0.15, 0.2) is 0 Å². The van der Waals surface area contributed by atoms with E-state index in [1.54, 1.807) is 6.92 Å². The molecular weight excluding hydrogens is 302 g/mol. The zero-order valence-corrected chi connectivity index (χ0v) is 12.5. The smallest absolute Gasteiger partial charge is 0.336 e. The number of phenolic OH excluding ortho intramolecular Hbond substituents is 1. The standard InChI is InChI=1S/C16H17NO6/c1-2-3-12(16(21)22)17-14(19)6-9-7-15(20)23-13-8-10(18)4-5-11(9)13/h4-5,7-8,12,18H,2-3,6H2,1H3,(H,17,19)(H,21,22)/p-1/t12-/m1/s1. The number of hydrogen-bond donors (Lipinski definition) is 2. The lowest BCUT2D eigenvalue weighted by molar-refractivity contribution is -0.308. The van der Waals surface area contributed by atoms with Crippen LogP contribution in [0.15, 0.2) is 33.5 Å². The first-order valence-corrected chi connectivity index (χ1v) is 7.16. The second-order valence-corrected chi connectivity index (χ2v) is 5.18. The zero-order chi connectivity index (χ0) is 17.0. The van der Waals surface area contributed by atoms with Crippen LogP contribution in [-0.4, -0.2) is 23.0 Å². The highest BCUT2D eigenvalue weighted by Gasteiger charge is 2.15. The minimum Gasteiger partial charge on any atom is -0.548 e. The molecule has 23 heavy (non-hydrogen) atoms. The Morgan fingerprint density at radius 2 is 2.09 bits per heavy atom. The molecule has 0 aliphatic heterocycles. The summed E-state index contributed by atoms with van der Waals surface area (Å²) < 4.78 is 4.97. The van der Waals surface area contributed by atoms with E-state index in [1.165, 1.54) is 24.3 Å². The van der Waals surface area contributed by atoms with E-state index >= 15 is 0 Å². The molecule has 0 bridgehead atoms. The number of aliphatic carboxylic acids is 1. The Balaban J connectivity index is 2.25. The molecule has 0 unspecified atom stereocenters. The van der Waals surface area contributed by atoms with E-state index in [0.29, 0.717) is 17.4 Å². The molecule has 2 aromatic rings. The van der Waals surface area contributed by atoms with Crippen LogP contribution in [0.3, 0.4) is 0 Å². The third-order valence-electron chi connectivity index (χ3n) is 3.36. The van der Waals surface area contributed by atoms with Gasteiger partial charge in [0.2, 0.25) is 5.91 Å². The normalized spacial score (nSPS) is 12.0. The summed E-state index contributed by atoms with van der Waals surface area (Å²) in [5.41, 5.74) is -0.108. The van der Waals surface area contributed by atoms with Gasteiger partial charge in [0, 0.05) is 17.5 Å². The molecule has 0 fully saturated rings. The van der Waals surface area contributed by atoms with Gasteiger partial charge < -0.3 is 24.7 Å². The molecule has 1 atom stereocenters.